The third-order valence-electron chi connectivity index (χ3n) is 7.23. The summed E-state index contributed by atoms with van der Waals surface area (Å²) >= 11 is 0. The van der Waals surface area contributed by atoms with Crippen LogP contribution in [0.1, 0.15) is 47.5 Å². The number of anilines is 2. The number of fused-ring (bicyclic) bond motifs is 3. The Kier molecular flexibility index (Phi) is 5.23. The van der Waals surface area contributed by atoms with Gasteiger partial charge in [-0.3, -0.25) is 4.79 Å². The summed E-state index contributed by atoms with van der Waals surface area (Å²) in [6.45, 7) is 5.37. The van der Waals surface area contributed by atoms with E-state index in [4.69, 9.17) is 0 Å². The van der Waals surface area contributed by atoms with E-state index >= 15 is 0 Å². The third kappa shape index (κ3) is 3.49. The molecule has 1 saturated heterocycles. The molecule has 0 amide bonds. The van der Waals surface area contributed by atoms with Crippen LogP contribution in [0.5, 0.6) is 0 Å². The van der Waals surface area contributed by atoms with Crippen molar-refractivity contribution in [2.75, 3.05) is 49.6 Å². The lowest BCUT2D eigenvalue weighted by atomic mass is 9.91. The highest BCUT2D eigenvalue weighted by atomic mass is 19.1. The average Bonchev–Trinajstić information content (AvgIpc) is 2.91. The molecule has 158 valence electrons. The van der Waals surface area contributed by atoms with Gasteiger partial charge in [0.05, 0.1) is 11.4 Å². The minimum Gasteiger partial charge on any atom is -0.371 e. The number of hydrogen-bond donors (Lipinski definition) is 0. The van der Waals surface area contributed by atoms with E-state index in [9.17, 15) is 9.18 Å². The maximum Gasteiger partial charge on any atom is 0.162 e. The van der Waals surface area contributed by atoms with E-state index in [-0.39, 0.29) is 11.6 Å². The van der Waals surface area contributed by atoms with Crippen LogP contribution in [0.25, 0.3) is 0 Å². The number of hydrogen-bond acceptors (Lipinski definition) is 4. The van der Waals surface area contributed by atoms with Crippen LogP contribution in [-0.2, 0) is 0 Å². The van der Waals surface area contributed by atoms with Gasteiger partial charge in [0.25, 0.3) is 0 Å². The molecule has 0 saturated carbocycles. The van der Waals surface area contributed by atoms with Crippen molar-refractivity contribution in [3.05, 3.63) is 59.4 Å². The van der Waals surface area contributed by atoms with Gasteiger partial charge in [0.1, 0.15) is 5.82 Å². The zero-order valence-electron chi connectivity index (χ0n) is 17.7. The molecular weight excluding hydrogens is 377 g/mol. The Bertz CT molecular complexity index is 928. The number of halogens is 1. The molecule has 0 spiro atoms. The molecule has 2 aromatic rings. The van der Waals surface area contributed by atoms with E-state index < -0.39 is 0 Å². The summed E-state index contributed by atoms with van der Waals surface area (Å²) in [6, 6.07) is 13.3. The number of para-hydroxylation sites is 1. The first-order chi connectivity index (χ1) is 14.6. The summed E-state index contributed by atoms with van der Waals surface area (Å²) in [7, 11) is 2.20. The lowest BCUT2D eigenvalue weighted by molar-refractivity contribution is 0.0975. The Hall–Kier alpha value is -2.40. The molecule has 5 heteroatoms. The molecule has 0 bridgehead atoms. The van der Waals surface area contributed by atoms with Crippen LogP contribution in [0.4, 0.5) is 15.8 Å². The monoisotopic (exact) mass is 407 g/mol. The van der Waals surface area contributed by atoms with Crippen molar-refractivity contribution >= 4 is 17.2 Å². The SMILES string of the molecule is CN1CCN2c3c(cccc31)[C@H]1CCN(CCCC(=O)c3ccc(F)cc3)CC[C@H]12. The number of benzene rings is 2. The summed E-state index contributed by atoms with van der Waals surface area (Å²) < 4.78 is 13.0. The highest BCUT2D eigenvalue weighted by Gasteiger charge is 2.42. The highest BCUT2D eigenvalue weighted by molar-refractivity contribution is 5.95. The van der Waals surface area contributed by atoms with E-state index in [0.717, 1.165) is 39.1 Å². The fourth-order valence-electron chi connectivity index (χ4n) is 5.64. The first-order valence-corrected chi connectivity index (χ1v) is 11.2. The molecule has 2 atom stereocenters. The van der Waals surface area contributed by atoms with Crippen molar-refractivity contribution < 1.29 is 9.18 Å². The molecule has 0 aromatic heterocycles. The van der Waals surface area contributed by atoms with Crippen molar-refractivity contribution in [2.24, 2.45) is 0 Å². The summed E-state index contributed by atoms with van der Waals surface area (Å²) in [4.78, 5) is 20.0. The fraction of sp³-hybridized carbons (Fsp3) is 0.480. The molecule has 0 aliphatic carbocycles. The maximum atomic E-state index is 13.0. The molecule has 5 rings (SSSR count). The standard InChI is InChI=1S/C25H30FN3O/c1-27-16-17-29-22-12-15-28(13-3-6-24(30)18-7-9-19(26)10-8-18)14-11-20(22)21-4-2-5-23(27)25(21)29/h2,4-5,7-10,20,22H,3,6,11-17H2,1H3/t20-,22-/m1/s1. The second-order valence-corrected chi connectivity index (χ2v) is 8.96. The van der Waals surface area contributed by atoms with Crippen LogP contribution in [0, 0.1) is 5.82 Å². The van der Waals surface area contributed by atoms with E-state index in [1.165, 1.54) is 41.9 Å². The molecule has 1 fully saturated rings. The van der Waals surface area contributed by atoms with Crippen LogP contribution < -0.4 is 9.80 Å². The van der Waals surface area contributed by atoms with E-state index in [2.05, 4.69) is 39.9 Å². The van der Waals surface area contributed by atoms with Crippen molar-refractivity contribution in [3.8, 4) is 0 Å². The zero-order valence-corrected chi connectivity index (χ0v) is 17.7. The van der Waals surface area contributed by atoms with Crippen LogP contribution in [0.2, 0.25) is 0 Å². The lowest BCUT2D eigenvalue weighted by Crippen LogP contribution is -2.43. The first kappa shape index (κ1) is 19.6. The molecule has 3 aliphatic rings. The Morgan fingerprint density at radius 2 is 1.83 bits per heavy atom. The predicted molar refractivity (Wildman–Crippen MR) is 119 cm³/mol. The Morgan fingerprint density at radius 3 is 2.67 bits per heavy atom. The summed E-state index contributed by atoms with van der Waals surface area (Å²) in [5.74, 6) is 0.439. The van der Waals surface area contributed by atoms with Crippen LogP contribution in [0.3, 0.4) is 0 Å². The summed E-state index contributed by atoms with van der Waals surface area (Å²) in [6.07, 6.45) is 3.77. The second-order valence-electron chi connectivity index (χ2n) is 8.96. The Balaban J connectivity index is 1.20. The normalized spacial score (nSPS) is 23.1. The first-order valence-electron chi connectivity index (χ1n) is 11.2. The predicted octanol–water partition coefficient (Wildman–Crippen LogP) is 4.31. The van der Waals surface area contributed by atoms with Crippen molar-refractivity contribution in [1.82, 2.24) is 4.90 Å². The van der Waals surface area contributed by atoms with Gasteiger partial charge in [-0.1, -0.05) is 12.1 Å². The minimum absolute atomic E-state index is 0.112. The number of carbonyl (C=O) groups is 1. The lowest BCUT2D eigenvalue weighted by Gasteiger charge is -2.38. The molecule has 0 N–H and O–H groups in total. The zero-order chi connectivity index (χ0) is 20.7. The number of carbonyl (C=O) groups excluding carboxylic acids is 1. The van der Waals surface area contributed by atoms with Gasteiger partial charge < -0.3 is 14.7 Å². The molecule has 30 heavy (non-hydrogen) atoms. The molecule has 4 nitrogen and oxygen atoms in total. The van der Waals surface area contributed by atoms with Crippen molar-refractivity contribution in [3.63, 3.8) is 0 Å². The number of likely N-dealkylation sites (tertiary alicyclic amines) is 1. The van der Waals surface area contributed by atoms with Gasteiger partial charge in [-0.2, -0.15) is 0 Å². The number of ketones is 1. The maximum absolute atomic E-state index is 13.0. The van der Waals surface area contributed by atoms with Crippen LogP contribution in [0.15, 0.2) is 42.5 Å². The van der Waals surface area contributed by atoms with Gasteiger partial charge >= 0.3 is 0 Å². The average molecular weight is 408 g/mol. The third-order valence-corrected chi connectivity index (χ3v) is 7.23. The summed E-state index contributed by atoms with van der Waals surface area (Å²) in [5, 5.41) is 0. The Morgan fingerprint density at radius 1 is 1.03 bits per heavy atom. The molecule has 3 aliphatic heterocycles. The van der Waals surface area contributed by atoms with Gasteiger partial charge in [-0.15, -0.1) is 0 Å². The molecule has 2 aromatic carbocycles. The molecule has 3 heterocycles. The second kappa shape index (κ2) is 8.03. The molecule has 0 unspecified atom stereocenters. The molecule has 0 radical (unpaired) electrons. The van der Waals surface area contributed by atoms with Gasteiger partial charge in [0, 0.05) is 50.6 Å². The number of nitrogens with zero attached hydrogens (tertiary/aromatic N) is 3. The van der Waals surface area contributed by atoms with Gasteiger partial charge in [-0.25, -0.2) is 4.39 Å². The minimum atomic E-state index is -0.296. The number of likely N-dealkylation sites (N-methyl/N-ethyl adjacent to an activating group) is 1. The van der Waals surface area contributed by atoms with Crippen LogP contribution >= 0.6 is 0 Å². The van der Waals surface area contributed by atoms with E-state index in [0.29, 0.717) is 23.9 Å². The summed E-state index contributed by atoms with van der Waals surface area (Å²) in [5.41, 5.74) is 5.03. The largest absolute Gasteiger partial charge is 0.371 e. The highest BCUT2D eigenvalue weighted by Crippen LogP contribution is 2.50. The van der Waals surface area contributed by atoms with Gasteiger partial charge in [0.15, 0.2) is 5.78 Å². The topological polar surface area (TPSA) is 26.8 Å². The van der Waals surface area contributed by atoms with Crippen molar-refractivity contribution in [1.29, 1.82) is 0 Å². The van der Waals surface area contributed by atoms with Gasteiger partial charge in [0.2, 0.25) is 0 Å². The fourth-order valence-corrected chi connectivity index (χ4v) is 5.64. The van der Waals surface area contributed by atoms with Gasteiger partial charge in [-0.05, 0) is 68.2 Å². The molecular formula is C25H30FN3O. The number of Topliss-reactive ketones (excluding diaryl/α,β-unsaturated/α-hetero) is 1. The van der Waals surface area contributed by atoms with Crippen molar-refractivity contribution in [2.45, 2.75) is 37.6 Å². The number of rotatable bonds is 5. The smallest absolute Gasteiger partial charge is 0.162 e. The van der Waals surface area contributed by atoms with E-state index in [1.807, 2.05) is 0 Å². The Labute approximate surface area is 178 Å². The van der Waals surface area contributed by atoms with Crippen LogP contribution in [-0.4, -0.2) is 56.5 Å². The van der Waals surface area contributed by atoms with E-state index in [1.54, 1.807) is 12.1 Å². The quantitative estimate of drug-likeness (QED) is 0.691.